The summed E-state index contributed by atoms with van der Waals surface area (Å²) >= 11 is 0. The lowest BCUT2D eigenvalue weighted by atomic mass is 10.0. The maximum atomic E-state index is 9.20. The van der Waals surface area contributed by atoms with Gasteiger partial charge in [0.2, 0.25) is 0 Å². The molecule has 0 saturated heterocycles. The third-order valence-electron chi connectivity index (χ3n) is 6.58. The monoisotopic (exact) mass is 588 g/mol. The lowest BCUT2D eigenvalue weighted by molar-refractivity contribution is 0.668. The van der Waals surface area contributed by atoms with Gasteiger partial charge < -0.3 is 8.83 Å². The van der Waals surface area contributed by atoms with Gasteiger partial charge in [0.1, 0.15) is 22.3 Å². The smallest absolute Gasteiger partial charge is 0.164 e. The van der Waals surface area contributed by atoms with E-state index in [4.69, 9.17) is 34.9 Å². The van der Waals surface area contributed by atoms with Gasteiger partial charge >= 0.3 is 0 Å². The SMILES string of the molecule is [2H]c1c([2H])c([2H])c(-c2c([2H])c([2H])c(-c3nc(-c4c([2H])c([2H])c([2H])c5oc6c([2H])c([2H])c([2H])c([2H])c6c45)nc(-c4c([2H])c([2H])c([2H])c5oc6c([2H])c([2H])c([2H])c([2H])c6c45)n3)c([2H])c2[2H])c([2H])c1[2H]. The molecule has 3 aromatic heterocycles. The van der Waals surface area contributed by atoms with Crippen LogP contribution in [0.25, 0.3) is 89.2 Å². The number of aromatic nitrogens is 3. The zero-order valence-electron chi connectivity index (χ0n) is 44.7. The van der Waals surface area contributed by atoms with Crippen LogP contribution in [0.5, 0.6) is 0 Å². The Morgan fingerprint density at radius 2 is 0.795 bits per heavy atom. The fourth-order valence-corrected chi connectivity index (χ4v) is 4.69. The maximum Gasteiger partial charge on any atom is 0.164 e. The molecule has 0 N–H and O–H groups in total. The molecular weight excluding hydrogens is 542 g/mol. The average molecular weight is 589 g/mol. The van der Waals surface area contributed by atoms with E-state index in [0.717, 1.165) is 0 Å². The van der Waals surface area contributed by atoms with E-state index in [0.29, 0.717) is 0 Å². The molecule has 0 aliphatic carbocycles. The minimum Gasteiger partial charge on any atom is -0.456 e. The van der Waals surface area contributed by atoms with E-state index in [1.54, 1.807) is 0 Å². The second-order valence-corrected chi connectivity index (χ2v) is 9.08. The van der Waals surface area contributed by atoms with E-state index < -0.39 is 228 Å². The van der Waals surface area contributed by atoms with Crippen molar-refractivity contribution in [3.8, 4) is 45.3 Å². The first-order chi connectivity index (χ1) is 31.4. The summed E-state index contributed by atoms with van der Waals surface area (Å²) in [5.41, 5.74) is -5.43. The quantitative estimate of drug-likeness (QED) is 0.205. The summed E-state index contributed by atoms with van der Waals surface area (Å²) in [5.74, 6) is -2.33. The van der Waals surface area contributed by atoms with Crippen molar-refractivity contribution in [2.24, 2.45) is 0 Å². The molecule has 0 fully saturated rings. The summed E-state index contributed by atoms with van der Waals surface area (Å²) in [6.07, 6.45) is 0. The number of nitrogens with zero attached hydrogens (tertiary/aromatic N) is 3. The van der Waals surface area contributed by atoms with Crippen molar-refractivity contribution in [3.05, 3.63) is 139 Å². The van der Waals surface area contributed by atoms with E-state index in [1.807, 2.05) is 0 Å². The zero-order chi connectivity index (χ0) is 49.1. The van der Waals surface area contributed by atoms with Crippen molar-refractivity contribution >= 4 is 43.9 Å². The van der Waals surface area contributed by atoms with Gasteiger partial charge in [-0.15, -0.1) is 0 Å². The first-order valence-electron chi connectivity index (χ1n) is 24.2. The Balaban J connectivity index is 1.50. The van der Waals surface area contributed by atoms with E-state index >= 15 is 0 Å². The second-order valence-electron chi connectivity index (χ2n) is 9.08. The lowest BCUT2D eigenvalue weighted by Crippen LogP contribution is -2.00. The van der Waals surface area contributed by atoms with Crippen molar-refractivity contribution < 1.29 is 40.4 Å². The van der Waals surface area contributed by atoms with Gasteiger partial charge in [0.05, 0.1) is 31.5 Å². The minimum absolute atomic E-state index is 0.402. The standard InChI is InChI=1S/C39H23N3O2/c1-2-10-24(11-3-1)25-20-22-26(23-21-25)37-40-38(29-14-8-18-33-35(29)27-12-4-6-16-31(27)43-33)42-39(41-37)30-15-9-19-34-36(30)28-13-5-7-17-32(28)44-34/h1-23H/i1D,2D,3D,4D,5D,6D,7D,8D,9D,10D,11D,12D,13D,14D,15D,16D,17D,18D,19D,20D,21D,22D,23D. The van der Waals surface area contributed by atoms with Gasteiger partial charge in [-0.2, -0.15) is 0 Å². The van der Waals surface area contributed by atoms with Crippen molar-refractivity contribution in [1.29, 1.82) is 0 Å². The summed E-state index contributed by atoms with van der Waals surface area (Å²) in [6.45, 7) is 0. The van der Waals surface area contributed by atoms with E-state index in [9.17, 15) is 5.48 Å². The van der Waals surface area contributed by atoms with Gasteiger partial charge in [0.15, 0.2) is 17.5 Å². The van der Waals surface area contributed by atoms with Crippen LogP contribution in [0.1, 0.15) is 31.5 Å². The van der Waals surface area contributed by atoms with Crippen molar-refractivity contribution in [2.45, 2.75) is 0 Å². The molecule has 0 unspecified atom stereocenters. The number of para-hydroxylation sites is 2. The summed E-state index contributed by atoms with van der Waals surface area (Å²) in [7, 11) is 0. The lowest BCUT2D eigenvalue weighted by Gasteiger charge is -2.10. The molecule has 0 amide bonds. The van der Waals surface area contributed by atoms with Gasteiger partial charge in [0.25, 0.3) is 0 Å². The highest BCUT2D eigenvalue weighted by Crippen LogP contribution is 2.39. The third-order valence-corrected chi connectivity index (χ3v) is 6.58. The Kier molecular flexibility index (Phi) is 2.41. The summed E-state index contributed by atoms with van der Waals surface area (Å²) < 4.78 is 211. The maximum absolute atomic E-state index is 9.20. The molecule has 0 atom stereocenters. The number of fused-ring (bicyclic) bond motifs is 6. The summed E-state index contributed by atoms with van der Waals surface area (Å²) in [6, 6.07) is -18.8. The van der Waals surface area contributed by atoms with Crippen molar-refractivity contribution in [3.63, 3.8) is 0 Å². The van der Waals surface area contributed by atoms with Crippen molar-refractivity contribution in [1.82, 2.24) is 15.0 Å². The Morgan fingerprint density at radius 1 is 0.364 bits per heavy atom. The van der Waals surface area contributed by atoms with Crippen LogP contribution in [-0.4, -0.2) is 15.0 Å². The molecule has 0 spiro atoms. The molecule has 5 heteroatoms. The summed E-state index contributed by atoms with van der Waals surface area (Å²) in [5, 5.41) is -1.62. The van der Waals surface area contributed by atoms with E-state index in [-0.39, 0.29) is 0 Å². The largest absolute Gasteiger partial charge is 0.456 e. The van der Waals surface area contributed by atoms with Gasteiger partial charge in [-0.25, -0.2) is 15.0 Å². The van der Waals surface area contributed by atoms with Crippen LogP contribution in [0, 0.1) is 0 Å². The van der Waals surface area contributed by atoms with Crippen LogP contribution in [0.15, 0.2) is 148 Å². The molecular formula is C39H23N3O2. The fraction of sp³-hybridized carbons (Fsp3) is 0. The molecule has 44 heavy (non-hydrogen) atoms. The highest BCUT2D eigenvalue weighted by Gasteiger charge is 2.20. The topological polar surface area (TPSA) is 65.0 Å². The molecule has 3 heterocycles. The first kappa shape index (κ1) is 10.9. The Bertz CT molecular complexity index is 3580. The number of hydrogen-bond acceptors (Lipinski definition) is 5. The van der Waals surface area contributed by atoms with Crippen LogP contribution >= 0.6 is 0 Å². The van der Waals surface area contributed by atoms with Crippen LogP contribution in [0.3, 0.4) is 0 Å². The molecule has 9 aromatic rings. The van der Waals surface area contributed by atoms with E-state index in [2.05, 4.69) is 15.0 Å². The van der Waals surface area contributed by atoms with Crippen molar-refractivity contribution in [2.75, 3.05) is 0 Å². The van der Waals surface area contributed by atoms with Crippen LogP contribution in [0.2, 0.25) is 0 Å². The molecule has 9 rings (SSSR count). The predicted molar refractivity (Wildman–Crippen MR) is 176 cm³/mol. The predicted octanol–water partition coefficient (Wildman–Crippen LogP) is 10.3. The molecule has 0 radical (unpaired) electrons. The third kappa shape index (κ3) is 3.91. The average Bonchev–Trinajstić information content (AvgIpc) is 3.90. The van der Waals surface area contributed by atoms with Gasteiger partial charge in [0, 0.05) is 38.2 Å². The molecule has 0 aliphatic rings. The van der Waals surface area contributed by atoms with E-state index in [1.165, 1.54) is 0 Å². The van der Waals surface area contributed by atoms with Crippen LogP contribution in [0.4, 0.5) is 0 Å². The Morgan fingerprint density at radius 3 is 1.36 bits per heavy atom. The molecule has 6 aromatic carbocycles. The number of hydrogen-bond donors (Lipinski definition) is 0. The summed E-state index contributed by atoms with van der Waals surface area (Å²) in [4.78, 5) is 13.3. The van der Waals surface area contributed by atoms with Gasteiger partial charge in [-0.3, -0.25) is 0 Å². The second kappa shape index (κ2) is 9.75. The molecule has 0 saturated carbocycles. The Labute approximate surface area is 284 Å². The molecule has 0 aliphatic heterocycles. The van der Waals surface area contributed by atoms with Gasteiger partial charge in [-0.1, -0.05) is 115 Å². The Hall–Kier alpha value is -6.07. The number of furan rings is 2. The highest BCUT2D eigenvalue weighted by atomic mass is 16.3. The van der Waals surface area contributed by atoms with Crippen LogP contribution < -0.4 is 0 Å². The zero-order valence-corrected chi connectivity index (χ0v) is 21.7. The molecule has 0 bridgehead atoms. The number of rotatable bonds is 4. The molecule has 206 valence electrons. The van der Waals surface area contributed by atoms with Gasteiger partial charge in [-0.05, 0) is 35.3 Å². The first-order valence-corrected chi connectivity index (χ1v) is 12.7. The normalized spacial score (nSPS) is 19.0. The fourth-order valence-electron chi connectivity index (χ4n) is 4.69. The van der Waals surface area contributed by atoms with Crippen LogP contribution in [-0.2, 0) is 0 Å². The minimum atomic E-state index is -0.977. The number of benzene rings is 6. The molecule has 5 nitrogen and oxygen atoms in total. The highest BCUT2D eigenvalue weighted by molar-refractivity contribution is 6.13.